The maximum absolute atomic E-state index is 14.6. The van der Waals surface area contributed by atoms with E-state index in [1.54, 1.807) is 121 Å². The second-order valence-electron chi connectivity index (χ2n) is 25.2. The molecule has 28 nitrogen and oxygen atoms in total. The third-order valence-electron chi connectivity index (χ3n) is 14.6. The number of aromatic amines is 1. The van der Waals surface area contributed by atoms with Gasteiger partial charge in [0.25, 0.3) is 0 Å². The van der Waals surface area contributed by atoms with Crippen LogP contribution in [0, 0.1) is 0 Å². The Balaban J connectivity index is 1.20. The number of carbonyl (C=O) groups is 12. The number of esters is 1. The van der Waals surface area contributed by atoms with E-state index in [9.17, 15) is 67.7 Å². The van der Waals surface area contributed by atoms with Crippen LogP contribution in [-0.2, 0) is 88.0 Å². The van der Waals surface area contributed by atoms with Gasteiger partial charge in [0, 0.05) is 62.3 Å². The lowest BCUT2D eigenvalue weighted by Crippen LogP contribution is -2.59. The summed E-state index contributed by atoms with van der Waals surface area (Å²) in [6.07, 6.45) is 0.00308. The SMILES string of the molecule is CC(C)(C)OC(=O)C[C@H](NC(=O)[C@H](CCCCNC(=O)CCCC(=O)NCCCC[C@H](NC(=O)[C@H](Cc1ccc(O)cc1)NC(=O)OC(C)(C)C)C(=O)NCC(=O)O)NC(=O)[C@H](Cc1c[nH]c2ccccc12)NC(=O)OCc1ccccc1)C(=O)N[C@@H](Cc1ccccc1)C(N)=O. The number of para-hydroxylation sites is 1. The Morgan fingerprint density at radius 2 is 0.959 bits per heavy atom. The van der Waals surface area contributed by atoms with Gasteiger partial charge in [-0.1, -0.05) is 91.0 Å². The highest BCUT2D eigenvalue weighted by atomic mass is 16.6. The van der Waals surface area contributed by atoms with Crippen LogP contribution in [0.2, 0.25) is 0 Å². The molecule has 5 aromatic rings. The zero-order valence-electron chi connectivity index (χ0n) is 55.6. The molecule has 97 heavy (non-hydrogen) atoms. The first-order valence-electron chi connectivity index (χ1n) is 32.1. The van der Waals surface area contributed by atoms with E-state index in [2.05, 4.69) is 52.8 Å². The Labute approximate surface area is 562 Å². The van der Waals surface area contributed by atoms with Crippen LogP contribution < -0.4 is 53.6 Å². The molecule has 524 valence electrons. The van der Waals surface area contributed by atoms with Crippen LogP contribution in [0.15, 0.2) is 115 Å². The predicted octanol–water partition coefficient (Wildman–Crippen LogP) is 4.19. The van der Waals surface area contributed by atoms with Crippen LogP contribution in [0.25, 0.3) is 10.9 Å². The molecule has 0 radical (unpaired) electrons. The molecule has 0 bridgehead atoms. The van der Waals surface area contributed by atoms with Crippen molar-refractivity contribution in [1.29, 1.82) is 0 Å². The quantitative estimate of drug-likeness (QED) is 0.0150. The number of H-pyrrole nitrogens is 1. The van der Waals surface area contributed by atoms with Crippen LogP contribution in [-0.4, -0.2) is 154 Å². The number of hydrogen-bond donors (Lipinski definition) is 13. The number of carbonyl (C=O) groups excluding carboxylic acids is 11. The van der Waals surface area contributed by atoms with Gasteiger partial charge < -0.3 is 83.0 Å². The maximum atomic E-state index is 14.6. The summed E-state index contributed by atoms with van der Waals surface area (Å²) in [6.45, 7) is 9.14. The average Bonchev–Trinajstić information content (AvgIpc) is 1.73. The number of benzene rings is 4. The van der Waals surface area contributed by atoms with Crippen molar-refractivity contribution < 1.29 is 82.0 Å². The van der Waals surface area contributed by atoms with Gasteiger partial charge >= 0.3 is 24.1 Å². The van der Waals surface area contributed by atoms with Crippen molar-refractivity contribution in [3.8, 4) is 5.75 Å². The van der Waals surface area contributed by atoms with Crippen molar-refractivity contribution in [2.75, 3.05) is 19.6 Å². The van der Waals surface area contributed by atoms with Gasteiger partial charge in [-0.2, -0.15) is 0 Å². The van der Waals surface area contributed by atoms with Crippen LogP contribution in [0.5, 0.6) is 5.75 Å². The van der Waals surface area contributed by atoms with E-state index in [1.165, 1.54) is 12.1 Å². The molecule has 1 aromatic heterocycles. The second-order valence-corrected chi connectivity index (χ2v) is 25.2. The Morgan fingerprint density at radius 1 is 0.485 bits per heavy atom. The summed E-state index contributed by atoms with van der Waals surface area (Å²) in [7, 11) is 0. The first-order valence-corrected chi connectivity index (χ1v) is 32.1. The number of amides is 10. The molecule has 0 spiro atoms. The van der Waals surface area contributed by atoms with Gasteiger partial charge in [-0.05, 0) is 127 Å². The summed E-state index contributed by atoms with van der Waals surface area (Å²) < 4.78 is 16.4. The molecule has 28 heteroatoms. The third kappa shape index (κ3) is 29.7. The zero-order chi connectivity index (χ0) is 71.1. The fourth-order valence-electron chi connectivity index (χ4n) is 9.90. The number of alkyl carbamates (subject to hydrolysis) is 2. The number of aliphatic carboxylic acids is 1. The van der Waals surface area contributed by atoms with Crippen molar-refractivity contribution in [3.05, 3.63) is 138 Å². The van der Waals surface area contributed by atoms with E-state index in [0.29, 0.717) is 28.7 Å². The number of aromatic hydroxyl groups is 1. The number of fused-ring (bicyclic) bond motifs is 1. The number of primary amides is 1. The Morgan fingerprint density at radius 3 is 1.53 bits per heavy atom. The number of phenols is 1. The first kappa shape index (κ1) is 77.2. The molecule has 0 aliphatic rings. The maximum Gasteiger partial charge on any atom is 0.408 e. The zero-order valence-corrected chi connectivity index (χ0v) is 55.6. The Kier molecular flexibility index (Phi) is 30.8. The molecule has 0 saturated heterocycles. The van der Waals surface area contributed by atoms with Crippen LogP contribution in [0.1, 0.15) is 128 Å². The molecule has 4 aromatic carbocycles. The van der Waals surface area contributed by atoms with Crippen molar-refractivity contribution >= 4 is 82.3 Å². The average molecular weight is 1350 g/mol. The molecular formula is C69H91N11O17. The van der Waals surface area contributed by atoms with E-state index in [0.717, 1.165) is 10.9 Å². The van der Waals surface area contributed by atoms with Crippen molar-refractivity contribution in [3.63, 3.8) is 0 Å². The molecule has 0 aliphatic heterocycles. The molecule has 10 amide bonds. The molecule has 5 rings (SSSR count). The lowest BCUT2D eigenvalue weighted by Gasteiger charge is -2.27. The minimum absolute atomic E-state index is 0.0113. The van der Waals surface area contributed by atoms with E-state index >= 15 is 0 Å². The molecule has 1 heterocycles. The van der Waals surface area contributed by atoms with Crippen LogP contribution in [0.4, 0.5) is 9.59 Å². The van der Waals surface area contributed by atoms with E-state index in [1.807, 2.05) is 24.3 Å². The molecule has 0 aliphatic carbocycles. The van der Waals surface area contributed by atoms with Gasteiger partial charge in [0.05, 0.1) is 6.42 Å². The van der Waals surface area contributed by atoms with Crippen molar-refractivity contribution in [2.24, 2.45) is 5.73 Å². The molecule has 0 saturated carbocycles. The Hall–Kier alpha value is -10.5. The smallest absolute Gasteiger partial charge is 0.408 e. The van der Waals surface area contributed by atoms with Gasteiger partial charge in [-0.25, -0.2) is 9.59 Å². The minimum atomic E-state index is -1.66. The topological polar surface area (TPSA) is 423 Å². The lowest BCUT2D eigenvalue weighted by molar-refractivity contribution is -0.156. The van der Waals surface area contributed by atoms with Crippen LogP contribution >= 0.6 is 0 Å². The summed E-state index contributed by atoms with van der Waals surface area (Å²) in [5.74, 6) is -8.14. The number of unbranched alkanes of at least 4 members (excludes halogenated alkanes) is 2. The number of carboxylic acids is 1. The van der Waals surface area contributed by atoms with Gasteiger partial charge in [0.2, 0.25) is 47.3 Å². The number of phenolic OH excluding ortho intramolecular Hbond substituents is 1. The minimum Gasteiger partial charge on any atom is -0.508 e. The standard InChI is InChI=1S/C69H91N11O17/c1-68(2,3)96-59(86)39-55(65(92)77-52(60(70)87)36-43-20-9-7-10-21-43)78-62(89)51(76-64(91)54(38-46-40-73-49-25-14-13-24-48(46)49)79-66(93)95-42-45-22-11-8-12-23-45)27-16-18-35-72-57(83)29-19-28-56(82)71-34-17-15-26-50(61(88)74-41-58(84)85)75-63(90)53(80-67(94)97-69(4,5)6)37-44-30-32-47(81)33-31-44/h7-14,20-25,30-33,40,50-55,73,81H,15-19,26-29,34-39,41-42H2,1-6H3,(H2,70,87)(H,71,82)(H,72,83)(H,74,88)(H,75,90)(H,76,91)(H,77,92)(H,78,89)(H,79,93)(H,80,94)(H,84,85)/t50-,51-,52-,53-,54-,55-/m0/s1. The van der Waals surface area contributed by atoms with Gasteiger partial charge in [0.15, 0.2) is 0 Å². The van der Waals surface area contributed by atoms with E-state index in [-0.39, 0.29) is 108 Å². The number of nitrogens with one attached hydrogen (secondary N) is 10. The number of nitrogens with two attached hydrogens (primary N) is 1. The number of rotatable bonds is 38. The fraction of sp³-hybridized carbons (Fsp3) is 0.449. The summed E-state index contributed by atoms with van der Waals surface area (Å²) in [4.78, 5) is 163. The lowest BCUT2D eigenvalue weighted by atomic mass is 10.0. The second kappa shape index (κ2) is 38.7. The number of aromatic nitrogens is 1. The Bertz CT molecular complexity index is 3460. The summed E-state index contributed by atoms with van der Waals surface area (Å²) in [6, 6.07) is 22.5. The highest BCUT2D eigenvalue weighted by molar-refractivity contribution is 5.97. The van der Waals surface area contributed by atoms with E-state index < -0.39 is 120 Å². The highest BCUT2D eigenvalue weighted by Gasteiger charge is 2.35. The predicted molar refractivity (Wildman–Crippen MR) is 356 cm³/mol. The normalized spacial score (nSPS) is 13.1. The summed E-state index contributed by atoms with van der Waals surface area (Å²) in [5.41, 5.74) is 7.11. The number of hydrogen-bond acceptors (Lipinski definition) is 16. The fourth-order valence-corrected chi connectivity index (χ4v) is 9.90. The van der Waals surface area contributed by atoms with Gasteiger partial charge in [0.1, 0.15) is 66.4 Å². The highest BCUT2D eigenvalue weighted by Crippen LogP contribution is 2.21. The molecule has 6 atom stereocenters. The first-order chi connectivity index (χ1) is 46.0. The molecule has 14 N–H and O–H groups in total. The van der Waals surface area contributed by atoms with E-state index in [4.69, 9.17) is 19.9 Å². The monoisotopic (exact) mass is 1350 g/mol. The van der Waals surface area contributed by atoms with Gasteiger partial charge in [-0.3, -0.25) is 47.9 Å². The molecule has 0 fully saturated rings. The van der Waals surface area contributed by atoms with Crippen molar-refractivity contribution in [1.82, 2.24) is 52.8 Å². The molecular weight excluding hydrogens is 1250 g/mol. The summed E-state index contributed by atoms with van der Waals surface area (Å²) >= 11 is 0. The summed E-state index contributed by atoms with van der Waals surface area (Å²) in [5, 5.41) is 43.2. The number of carboxylic acid groups (broad SMARTS) is 1. The number of ether oxygens (including phenoxy) is 3. The molecule has 0 unspecified atom stereocenters. The van der Waals surface area contributed by atoms with Crippen LogP contribution in [0.3, 0.4) is 0 Å². The largest absolute Gasteiger partial charge is 0.508 e. The van der Waals surface area contributed by atoms with Gasteiger partial charge in [-0.15, -0.1) is 0 Å². The third-order valence-corrected chi connectivity index (χ3v) is 14.6. The van der Waals surface area contributed by atoms with Crippen molar-refractivity contribution in [2.45, 2.75) is 179 Å².